The standard InChI is InChI=1S/C15H12BrF3N4O/c1-7(9-3-5-10(6-4-9)15(17,18)19)23-13-11(12(16)22-23)14(24)21-8(2)20-13/h3-7H,1-2H3,(H,20,21,24). The van der Waals surface area contributed by atoms with E-state index in [1.807, 2.05) is 0 Å². The average Bonchev–Trinajstić information content (AvgIpc) is 2.82. The first-order valence-electron chi connectivity index (χ1n) is 7.00. The number of alkyl halides is 3. The van der Waals surface area contributed by atoms with E-state index in [1.165, 1.54) is 16.8 Å². The van der Waals surface area contributed by atoms with Crippen LogP contribution in [0.1, 0.15) is 29.9 Å². The highest BCUT2D eigenvalue weighted by Gasteiger charge is 2.30. The Hall–Kier alpha value is -2.16. The molecule has 3 aromatic rings. The fourth-order valence-corrected chi connectivity index (χ4v) is 3.00. The van der Waals surface area contributed by atoms with Gasteiger partial charge >= 0.3 is 6.18 Å². The van der Waals surface area contributed by atoms with Crippen LogP contribution in [0.2, 0.25) is 0 Å². The van der Waals surface area contributed by atoms with E-state index < -0.39 is 17.8 Å². The third-order valence-corrected chi connectivity index (χ3v) is 4.28. The molecule has 1 unspecified atom stereocenters. The molecule has 1 atom stereocenters. The van der Waals surface area contributed by atoms with Crippen LogP contribution in [-0.2, 0) is 6.18 Å². The summed E-state index contributed by atoms with van der Waals surface area (Å²) in [6, 6.07) is 4.45. The SMILES string of the molecule is Cc1nc2c(c(Br)nn2C(C)c2ccc(C(F)(F)F)cc2)c(=O)[nH]1. The molecule has 3 rings (SSSR count). The molecule has 24 heavy (non-hydrogen) atoms. The molecular formula is C15H12BrF3N4O. The molecule has 0 amide bonds. The maximum Gasteiger partial charge on any atom is 0.416 e. The molecule has 1 aromatic carbocycles. The lowest BCUT2D eigenvalue weighted by molar-refractivity contribution is -0.137. The van der Waals surface area contributed by atoms with Crippen molar-refractivity contribution in [3.63, 3.8) is 0 Å². The molecule has 0 saturated carbocycles. The van der Waals surface area contributed by atoms with Crippen molar-refractivity contribution in [3.8, 4) is 0 Å². The molecule has 0 saturated heterocycles. The zero-order valence-electron chi connectivity index (χ0n) is 12.6. The maximum absolute atomic E-state index is 12.7. The molecular weight excluding hydrogens is 389 g/mol. The number of hydrogen-bond acceptors (Lipinski definition) is 3. The number of aryl methyl sites for hydroxylation is 1. The Labute approximate surface area is 142 Å². The molecule has 0 aliphatic heterocycles. The number of nitrogens with one attached hydrogen (secondary N) is 1. The third-order valence-electron chi connectivity index (χ3n) is 3.72. The second-order valence-electron chi connectivity index (χ2n) is 5.38. The Bertz CT molecular complexity index is 960. The zero-order chi connectivity index (χ0) is 17.6. The fraction of sp³-hybridized carbons (Fsp3) is 0.267. The van der Waals surface area contributed by atoms with Crippen LogP contribution in [0.25, 0.3) is 11.0 Å². The number of aromatic amines is 1. The van der Waals surface area contributed by atoms with Gasteiger partial charge in [0, 0.05) is 0 Å². The van der Waals surface area contributed by atoms with Gasteiger partial charge < -0.3 is 4.98 Å². The molecule has 0 aliphatic rings. The quantitative estimate of drug-likeness (QED) is 0.710. The number of hydrogen-bond donors (Lipinski definition) is 1. The number of rotatable bonds is 2. The lowest BCUT2D eigenvalue weighted by Gasteiger charge is -2.15. The summed E-state index contributed by atoms with van der Waals surface area (Å²) in [5.41, 5.74) is -0.0410. The Balaban J connectivity index is 2.09. The highest BCUT2D eigenvalue weighted by Crippen LogP contribution is 2.31. The minimum absolute atomic E-state index is 0.305. The summed E-state index contributed by atoms with van der Waals surface area (Å²) >= 11 is 3.23. The van der Waals surface area contributed by atoms with Crippen molar-refractivity contribution in [3.05, 3.63) is 56.2 Å². The Morgan fingerprint density at radius 1 is 1.25 bits per heavy atom. The minimum Gasteiger partial charge on any atom is -0.310 e. The van der Waals surface area contributed by atoms with Crippen molar-refractivity contribution in [2.75, 3.05) is 0 Å². The molecule has 0 radical (unpaired) electrons. The first kappa shape index (κ1) is 16.7. The minimum atomic E-state index is -4.38. The molecule has 2 heterocycles. The number of fused-ring (bicyclic) bond motifs is 1. The van der Waals surface area contributed by atoms with Crippen LogP contribution in [0.4, 0.5) is 13.2 Å². The van der Waals surface area contributed by atoms with Crippen molar-refractivity contribution < 1.29 is 13.2 Å². The van der Waals surface area contributed by atoms with Gasteiger partial charge in [0.2, 0.25) is 0 Å². The van der Waals surface area contributed by atoms with E-state index in [1.54, 1.807) is 13.8 Å². The monoisotopic (exact) mass is 400 g/mol. The maximum atomic E-state index is 12.7. The Morgan fingerprint density at radius 2 is 1.88 bits per heavy atom. The van der Waals surface area contributed by atoms with E-state index >= 15 is 0 Å². The number of aromatic nitrogens is 4. The van der Waals surface area contributed by atoms with Gasteiger partial charge in [-0.3, -0.25) is 4.79 Å². The summed E-state index contributed by atoms with van der Waals surface area (Å²) in [7, 11) is 0. The average molecular weight is 401 g/mol. The second-order valence-corrected chi connectivity index (χ2v) is 6.13. The van der Waals surface area contributed by atoms with Crippen LogP contribution in [-0.4, -0.2) is 19.7 Å². The van der Waals surface area contributed by atoms with E-state index in [4.69, 9.17) is 0 Å². The molecule has 0 aliphatic carbocycles. The summed E-state index contributed by atoms with van der Waals surface area (Å²) in [6.07, 6.45) is -4.38. The van der Waals surface area contributed by atoms with Crippen molar-refractivity contribution >= 4 is 27.0 Å². The van der Waals surface area contributed by atoms with Gasteiger partial charge in [-0.05, 0) is 47.5 Å². The zero-order valence-corrected chi connectivity index (χ0v) is 14.2. The van der Waals surface area contributed by atoms with E-state index in [0.29, 0.717) is 27.0 Å². The summed E-state index contributed by atoms with van der Waals surface area (Å²) in [5, 5.41) is 4.57. The van der Waals surface area contributed by atoms with Gasteiger partial charge in [0.15, 0.2) is 5.65 Å². The first-order chi connectivity index (χ1) is 11.2. The molecule has 0 fully saturated rings. The van der Waals surface area contributed by atoms with Crippen molar-refractivity contribution in [1.29, 1.82) is 0 Å². The van der Waals surface area contributed by atoms with Gasteiger partial charge in [-0.25, -0.2) is 9.67 Å². The van der Waals surface area contributed by atoms with Crippen LogP contribution in [0.3, 0.4) is 0 Å². The summed E-state index contributed by atoms with van der Waals surface area (Å²) in [6.45, 7) is 3.43. The molecule has 9 heteroatoms. The van der Waals surface area contributed by atoms with Crippen LogP contribution < -0.4 is 5.56 Å². The van der Waals surface area contributed by atoms with Crippen LogP contribution >= 0.6 is 15.9 Å². The lowest BCUT2D eigenvalue weighted by Crippen LogP contribution is -2.13. The van der Waals surface area contributed by atoms with Gasteiger partial charge in [0.1, 0.15) is 15.8 Å². The topological polar surface area (TPSA) is 63.6 Å². The fourth-order valence-electron chi connectivity index (χ4n) is 2.48. The summed E-state index contributed by atoms with van der Waals surface area (Å²) < 4.78 is 39.9. The number of H-pyrrole nitrogens is 1. The second kappa shape index (κ2) is 5.73. The van der Waals surface area contributed by atoms with E-state index in [-0.39, 0.29) is 5.56 Å². The van der Waals surface area contributed by atoms with Crippen LogP contribution in [0.15, 0.2) is 33.7 Å². The van der Waals surface area contributed by atoms with Crippen molar-refractivity contribution in [2.24, 2.45) is 0 Å². The Kier molecular flexibility index (Phi) is 3.98. The van der Waals surface area contributed by atoms with Gasteiger partial charge in [0.05, 0.1) is 11.6 Å². The Morgan fingerprint density at radius 3 is 2.46 bits per heavy atom. The number of benzene rings is 1. The lowest BCUT2D eigenvalue weighted by atomic mass is 10.1. The molecule has 2 aromatic heterocycles. The predicted octanol–water partition coefficient (Wildman–Crippen LogP) is 3.82. The van der Waals surface area contributed by atoms with E-state index in [2.05, 4.69) is 31.0 Å². The smallest absolute Gasteiger partial charge is 0.310 e. The van der Waals surface area contributed by atoms with Gasteiger partial charge in [-0.15, -0.1) is 0 Å². The molecule has 126 valence electrons. The first-order valence-corrected chi connectivity index (χ1v) is 7.79. The van der Waals surface area contributed by atoms with Crippen LogP contribution in [0, 0.1) is 6.92 Å². The largest absolute Gasteiger partial charge is 0.416 e. The van der Waals surface area contributed by atoms with E-state index in [9.17, 15) is 18.0 Å². The van der Waals surface area contributed by atoms with Crippen LogP contribution in [0.5, 0.6) is 0 Å². The predicted molar refractivity (Wildman–Crippen MR) is 85.8 cm³/mol. The van der Waals surface area contributed by atoms with Gasteiger partial charge in [-0.2, -0.15) is 18.3 Å². The van der Waals surface area contributed by atoms with E-state index in [0.717, 1.165) is 12.1 Å². The normalized spacial score (nSPS) is 13.4. The molecule has 5 nitrogen and oxygen atoms in total. The number of halogens is 4. The molecule has 0 bridgehead atoms. The highest BCUT2D eigenvalue weighted by atomic mass is 79.9. The summed E-state index contributed by atoms with van der Waals surface area (Å²) in [5.74, 6) is 0.431. The highest BCUT2D eigenvalue weighted by molar-refractivity contribution is 9.10. The van der Waals surface area contributed by atoms with Gasteiger partial charge in [-0.1, -0.05) is 12.1 Å². The molecule has 0 spiro atoms. The summed E-state index contributed by atoms with van der Waals surface area (Å²) in [4.78, 5) is 18.9. The molecule has 1 N–H and O–H groups in total. The third kappa shape index (κ3) is 2.83. The van der Waals surface area contributed by atoms with Crippen molar-refractivity contribution in [1.82, 2.24) is 19.7 Å². The van der Waals surface area contributed by atoms with Gasteiger partial charge in [0.25, 0.3) is 5.56 Å². The van der Waals surface area contributed by atoms with Crippen molar-refractivity contribution in [2.45, 2.75) is 26.1 Å². The number of nitrogens with zero attached hydrogens (tertiary/aromatic N) is 3.